The van der Waals surface area contributed by atoms with Gasteiger partial charge in [-0.1, -0.05) is 18.3 Å². The Kier molecular flexibility index (Phi) is 3.33. The molecule has 0 saturated carbocycles. The molecule has 16 heavy (non-hydrogen) atoms. The number of aromatic nitrogens is 2. The van der Waals surface area contributed by atoms with Crippen molar-refractivity contribution in [3.8, 4) is 0 Å². The van der Waals surface area contributed by atoms with Gasteiger partial charge < -0.3 is 4.74 Å². The second-order valence-electron chi connectivity index (χ2n) is 4.09. The first-order chi connectivity index (χ1) is 7.70. The highest BCUT2D eigenvalue weighted by Crippen LogP contribution is 2.25. The Bertz CT molecular complexity index is 423. The average Bonchev–Trinajstić information content (AvgIpc) is 2.78. The normalized spacial score (nSPS) is 15.8. The zero-order valence-corrected chi connectivity index (χ0v) is 10.2. The molecular weight excluding hydrogens is 224 g/mol. The molecule has 1 aliphatic rings. The Morgan fingerprint density at radius 2 is 2.38 bits per heavy atom. The highest BCUT2D eigenvalue weighted by atomic mass is 32.1. The van der Waals surface area contributed by atoms with Crippen LogP contribution in [0.1, 0.15) is 48.0 Å². The van der Waals surface area contributed by atoms with Gasteiger partial charge in [0.05, 0.1) is 18.6 Å². The van der Waals surface area contributed by atoms with Crippen LogP contribution in [0.3, 0.4) is 0 Å². The summed E-state index contributed by atoms with van der Waals surface area (Å²) in [5.41, 5.74) is 1.53. The van der Waals surface area contributed by atoms with E-state index in [1.807, 2.05) is 13.8 Å². The Hall–Kier alpha value is -1.23. The summed E-state index contributed by atoms with van der Waals surface area (Å²) in [6.45, 7) is 4.73. The van der Waals surface area contributed by atoms with Crippen LogP contribution in [0.15, 0.2) is 11.8 Å². The van der Waals surface area contributed by atoms with Gasteiger partial charge in [-0.05, 0) is 30.3 Å². The highest BCUT2D eigenvalue weighted by molar-refractivity contribution is 7.08. The molecule has 86 valence electrons. The number of Topliss-reactive ketones (excluding diaryl/α,β-unsaturated/α-hetero) is 1. The second-order valence-corrected chi connectivity index (χ2v) is 4.84. The van der Waals surface area contributed by atoms with Gasteiger partial charge in [-0.3, -0.25) is 4.79 Å². The van der Waals surface area contributed by atoms with Crippen LogP contribution in [0.4, 0.5) is 0 Å². The smallest absolute Gasteiger partial charge is 0.205 e. The molecule has 1 aliphatic heterocycles. The number of nitrogens with zero attached hydrogens (tertiary/aromatic N) is 2. The van der Waals surface area contributed by atoms with E-state index in [4.69, 9.17) is 4.74 Å². The van der Waals surface area contributed by atoms with Crippen LogP contribution in [0.25, 0.3) is 0 Å². The molecule has 0 unspecified atom stereocenters. The third-order valence-electron chi connectivity index (χ3n) is 2.49. The Morgan fingerprint density at radius 3 is 3.00 bits per heavy atom. The first-order valence-corrected chi connectivity index (χ1v) is 6.15. The lowest BCUT2D eigenvalue weighted by molar-refractivity contribution is 0.101. The standard InChI is InChI=1S/C11H14N2O2S/c1-7(2)9-11(16-13-12-9)10(14)8-4-3-5-15-6-8/h6-7H,3-5H2,1-2H3. The molecule has 0 spiro atoms. The summed E-state index contributed by atoms with van der Waals surface area (Å²) in [5, 5.41) is 4.01. The molecule has 0 aromatic carbocycles. The number of hydrogen-bond donors (Lipinski definition) is 0. The van der Waals surface area contributed by atoms with Crippen molar-refractivity contribution < 1.29 is 9.53 Å². The minimum atomic E-state index is 0.0263. The predicted octanol–water partition coefficient (Wildman–Crippen LogP) is 2.54. The summed E-state index contributed by atoms with van der Waals surface area (Å²) in [6.07, 6.45) is 3.27. The van der Waals surface area contributed by atoms with Gasteiger partial charge in [-0.2, -0.15) is 0 Å². The maximum Gasteiger partial charge on any atom is 0.205 e. The van der Waals surface area contributed by atoms with E-state index in [2.05, 4.69) is 9.59 Å². The van der Waals surface area contributed by atoms with Crippen LogP contribution in [-0.2, 0) is 4.74 Å². The lowest BCUT2D eigenvalue weighted by atomic mass is 10.0. The molecule has 0 N–H and O–H groups in total. The van der Waals surface area contributed by atoms with Crippen molar-refractivity contribution in [3.05, 3.63) is 22.4 Å². The zero-order valence-electron chi connectivity index (χ0n) is 9.40. The fourth-order valence-electron chi connectivity index (χ4n) is 1.61. The first kappa shape index (κ1) is 11.3. The van der Waals surface area contributed by atoms with Crippen LogP contribution in [0.2, 0.25) is 0 Å². The van der Waals surface area contributed by atoms with E-state index in [9.17, 15) is 4.79 Å². The number of allylic oxidation sites excluding steroid dienone is 1. The fraction of sp³-hybridized carbons (Fsp3) is 0.545. The third-order valence-corrected chi connectivity index (χ3v) is 3.23. The molecule has 0 aliphatic carbocycles. The number of carbonyl (C=O) groups is 1. The van der Waals surface area contributed by atoms with Crippen LogP contribution < -0.4 is 0 Å². The van der Waals surface area contributed by atoms with E-state index in [1.165, 1.54) is 11.5 Å². The minimum Gasteiger partial charge on any atom is -0.501 e. The summed E-state index contributed by atoms with van der Waals surface area (Å²) in [7, 11) is 0. The molecule has 0 fully saturated rings. The van der Waals surface area contributed by atoms with Gasteiger partial charge in [0.15, 0.2) is 0 Å². The number of rotatable bonds is 3. The van der Waals surface area contributed by atoms with Crippen molar-refractivity contribution >= 4 is 17.3 Å². The summed E-state index contributed by atoms with van der Waals surface area (Å²) in [5.74, 6) is 0.251. The van der Waals surface area contributed by atoms with Crippen molar-refractivity contribution in [2.24, 2.45) is 0 Å². The van der Waals surface area contributed by atoms with Crippen molar-refractivity contribution in [3.63, 3.8) is 0 Å². The Morgan fingerprint density at radius 1 is 1.56 bits per heavy atom. The topological polar surface area (TPSA) is 52.1 Å². The van der Waals surface area contributed by atoms with E-state index < -0.39 is 0 Å². The van der Waals surface area contributed by atoms with Gasteiger partial charge >= 0.3 is 0 Å². The molecule has 1 aromatic rings. The highest BCUT2D eigenvalue weighted by Gasteiger charge is 2.22. The molecule has 0 bridgehead atoms. The van der Waals surface area contributed by atoms with E-state index in [0.717, 1.165) is 24.1 Å². The zero-order chi connectivity index (χ0) is 11.5. The largest absolute Gasteiger partial charge is 0.501 e. The van der Waals surface area contributed by atoms with Gasteiger partial charge in [0, 0.05) is 5.57 Å². The van der Waals surface area contributed by atoms with Crippen LogP contribution in [0.5, 0.6) is 0 Å². The molecule has 0 radical (unpaired) electrons. The second kappa shape index (κ2) is 4.74. The SMILES string of the molecule is CC(C)c1nnsc1C(=O)C1=COCCC1. The van der Waals surface area contributed by atoms with Gasteiger partial charge in [-0.15, -0.1) is 5.10 Å². The molecular formula is C11H14N2O2S. The summed E-state index contributed by atoms with van der Waals surface area (Å²) in [6, 6.07) is 0. The monoisotopic (exact) mass is 238 g/mol. The Balaban J connectivity index is 2.26. The van der Waals surface area contributed by atoms with Gasteiger partial charge in [0.25, 0.3) is 0 Å². The molecule has 1 aromatic heterocycles. The van der Waals surface area contributed by atoms with Gasteiger partial charge in [0.2, 0.25) is 5.78 Å². The maximum absolute atomic E-state index is 12.2. The number of carbonyl (C=O) groups excluding carboxylic acids is 1. The average molecular weight is 238 g/mol. The molecule has 2 rings (SSSR count). The van der Waals surface area contributed by atoms with E-state index in [0.29, 0.717) is 11.5 Å². The third kappa shape index (κ3) is 2.14. The van der Waals surface area contributed by atoms with E-state index in [-0.39, 0.29) is 11.7 Å². The van der Waals surface area contributed by atoms with E-state index >= 15 is 0 Å². The molecule has 5 heteroatoms. The maximum atomic E-state index is 12.2. The molecule has 4 nitrogen and oxygen atoms in total. The van der Waals surface area contributed by atoms with Crippen LogP contribution in [-0.4, -0.2) is 22.0 Å². The Labute approximate surface area is 98.5 Å². The van der Waals surface area contributed by atoms with Crippen molar-refractivity contribution in [1.29, 1.82) is 0 Å². The summed E-state index contributed by atoms with van der Waals surface area (Å²) >= 11 is 1.17. The van der Waals surface area contributed by atoms with Crippen LogP contribution in [0, 0.1) is 0 Å². The predicted molar refractivity (Wildman–Crippen MR) is 61.6 cm³/mol. The summed E-state index contributed by atoms with van der Waals surface area (Å²) < 4.78 is 9.04. The minimum absolute atomic E-state index is 0.0263. The van der Waals surface area contributed by atoms with Crippen LogP contribution >= 0.6 is 11.5 Å². The fourth-order valence-corrected chi connectivity index (χ4v) is 2.40. The van der Waals surface area contributed by atoms with Gasteiger partial charge in [-0.25, -0.2) is 0 Å². The lowest BCUT2D eigenvalue weighted by Gasteiger charge is -2.12. The number of hydrogen-bond acceptors (Lipinski definition) is 5. The molecule has 0 amide bonds. The number of ketones is 1. The van der Waals surface area contributed by atoms with Crippen molar-refractivity contribution in [1.82, 2.24) is 9.59 Å². The van der Waals surface area contributed by atoms with E-state index in [1.54, 1.807) is 6.26 Å². The molecule has 0 atom stereocenters. The molecule has 0 saturated heterocycles. The van der Waals surface area contributed by atoms with Crippen molar-refractivity contribution in [2.75, 3.05) is 6.61 Å². The number of ether oxygens (including phenoxy) is 1. The quantitative estimate of drug-likeness (QED) is 0.759. The van der Waals surface area contributed by atoms with Gasteiger partial charge in [0.1, 0.15) is 4.88 Å². The lowest BCUT2D eigenvalue weighted by Crippen LogP contribution is -2.10. The van der Waals surface area contributed by atoms with Crippen molar-refractivity contribution in [2.45, 2.75) is 32.6 Å². The molecule has 2 heterocycles. The summed E-state index contributed by atoms with van der Waals surface area (Å²) in [4.78, 5) is 12.8. The first-order valence-electron chi connectivity index (χ1n) is 5.37.